The number of quaternary nitrogens is 1. The highest BCUT2D eigenvalue weighted by Gasteiger charge is 2.30. The average molecular weight is 204 g/mol. The second-order valence-electron chi connectivity index (χ2n) is 3.71. The Kier molecular flexibility index (Phi) is 7.32. The van der Waals surface area contributed by atoms with E-state index in [1.54, 1.807) is 0 Å². The van der Waals surface area contributed by atoms with Gasteiger partial charge < -0.3 is 19.3 Å². The Labute approximate surface area is 85.2 Å². The van der Waals surface area contributed by atoms with Crippen molar-refractivity contribution in [2.24, 2.45) is 5.34 Å². The van der Waals surface area contributed by atoms with Gasteiger partial charge in [0.1, 0.15) is 0 Å². The van der Waals surface area contributed by atoms with E-state index in [-0.39, 0.29) is 0 Å². The number of methoxy groups -OCH3 is 1. The summed E-state index contributed by atoms with van der Waals surface area (Å²) < 4.78 is 6.47. The molecule has 1 fully saturated rings. The molecule has 0 unspecified atom stereocenters. The molecule has 0 saturated carbocycles. The smallest absolute Gasteiger partial charge is 0.182 e. The fourth-order valence-corrected chi connectivity index (χ4v) is 2.17. The molecule has 5 nitrogen and oxygen atoms in total. The highest BCUT2D eigenvalue weighted by atomic mass is 16.6. The van der Waals surface area contributed by atoms with Gasteiger partial charge in [-0.2, -0.15) is 0 Å². The summed E-state index contributed by atoms with van der Waals surface area (Å²) in [6.07, 6.45) is 4.07. The van der Waals surface area contributed by atoms with E-state index >= 15 is 0 Å². The Bertz CT molecular complexity index is 139. The molecule has 0 aromatic rings. The van der Waals surface area contributed by atoms with Crippen LogP contribution in [0, 0.1) is 10.1 Å². The van der Waals surface area contributed by atoms with E-state index in [1.165, 1.54) is 43.4 Å². The van der Waals surface area contributed by atoms with Crippen molar-refractivity contribution in [2.75, 3.05) is 33.5 Å². The van der Waals surface area contributed by atoms with E-state index in [4.69, 9.17) is 14.9 Å². The second kappa shape index (κ2) is 7.70. The van der Waals surface area contributed by atoms with Gasteiger partial charge in [-0.3, -0.25) is 0 Å². The quantitative estimate of drug-likeness (QED) is 0.399. The Morgan fingerprint density at radius 1 is 1.43 bits per heavy atom. The molecule has 1 aliphatic rings. The third kappa shape index (κ3) is 4.53. The molecule has 5 heteroatoms. The maximum atomic E-state index is 8.00. The van der Waals surface area contributed by atoms with Gasteiger partial charge in [0.2, 0.25) is 0 Å². The molecule has 1 saturated heterocycles. The van der Waals surface area contributed by atoms with Gasteiger partial charge in [0.05, 0.1) is 19.6 Å². The Morgan fingerprint density at radius 3 is 2.29 bits per heavy atom. The van der Waals surface area contributed by atoms with Crippen LogP contribution in [0.25, 0.3) is 0 Å². The van der Waals surface area contributed by atoms with Crippen molar-refractivity contribution in [3.63, 3.8) is 0 Å². The van der Waals surface area contributed by atoms with Crippen molar-refractivity contribution in [1.82, 2.24) is 0 Å². The van der Waals surface area contributed by atoms with Crippen LogP contribution in [0.1, 0.15) is 26.2 Å². The number of nitrogens with zero attached hydrogens (tertiary/aromatic N) is 2. The lowest BCUT2D eigenvalue weighted by Gasteiger charge is -2.32. The summed E-state index contributed by atoms with van der Waals surface area (Å²) in [6, 6.07) is 0. The maximum absolute atomic E-state index is 8.00. The first-order valence-corrected chi connectivity index (χ1v) is 5.03. The van der Waals surface area contributed by atoms with Crippen LogP contribution < -0.4 is 0 Å². The van der Waals surface area contributed by atoms with Crippen LogP contribution in [-0.2, 0) is 4.74 Å². The van der Waals surface area contributed by atoms with Crippen LogP contribution >= 0.6 is 0 Å². The minimum atomic E-state index is 0.924. The van der Waals surface area contributed by atoms with E-state index in [1.807, 2.05) is 7.11 Å². The molecule has 84 valence electrons. The summed E-state index contributed by atoms with van der Waals surface area (Å²) in [5.41, 5.74) is 0. The molecule has 0 N–H and O–H groups in total. The standard InChI is InChI=1S/C9H20NO.HNO2/c1-3-6-10(9-11-2)7-4-5-8-10;2-1-3/h3-9H2,1-2H3;(H,2,3)/q+1;/p-1. The van der Waals surface area contributed by atoms with Crippen LogP contribution in [0.3, 0.4) is 0 Å². The van der Waals surface area contributed by atoms with Gasteiger partial charge in [-0.05, 0) is 6.42 Å². The highest BCUT2D eigenvalue weighted by molar-refractivity contribution is 4.51. The Balaban J connectivity index is 0.000000500. The molecule has 0 aromatic carbocycles. The minimum Gasteiger partial charge on any atom is -0.444 e. The molecule has 1 rings (SSSR count). The van der Waals surface area contributed by atoms with E-state index in [9.17, 15) is 0 Å². The first kappa shape index (κ1) is 13.3. The summed E-state index contributed by atoms with van der Waals surface area (Å²) in [5.74, 6) is 0. The molecule has 0 bridgehead atoms. The molecule has 1 aliphatic heterocycles. The number of ether oxygens (including phenoxy) is 1. The summed E-state index contributed by atoms with van der Waals surface area (Å²) in [4.78, 5) is 8.00. The normalized spacial score (nSPS) is 18.4. The van der Waals surface area contributed by atoms with Gasteiger partial charge in [-0.1, -0.05) is 6.92 Å². The Hall–Kier alpha value is -0.680. The molecule has 0 atom stereocenters. The third-order valence-corrected chi connectivity index (χ3v) is 2.62. The largest absolute Gasteiger partial charge is 0.444 e. The lowest BCUT2D eigenvalue weighted by Crippen LogP contribution is -2.47. The molecule has 0 spiro atoms. The molecule has 0 aliphatic carbocycles. The summed E-state index contributed by atoms with van der Waals surface area (Å²) >= 11 is 0. The van der Waals surface area contributed by atoms with E-state index < -0.39 is 0 Å². The highest BCUT2D eigenvalue weighted by Crippen LogP contribution is 2.19. The third-order valence-electron chi connectivity index (χ3n) is 2.62. The average Bonchev–Trinajstić information content (AvgIpc) is 2.56. The van der Waals surface area contributed by atoms with Crippen LogP contribution in [0.15, 0.2) is 5.34 Å². The van der Waals surface area contributed by atoms with Crippen molar-refractivity contribution in [2.45, 2.75) is 26.2 Å². The SMILES string of the molecule is CCC[N+]1(COC)CCCC1.O=N[O-]. The summed E-state index contributed by atoms with van der Waals surface area (Å²) in [5, 5.41) is 9.00. The molecule has 1 heterocycles. The zero-order valence-electron chi connectivity index (χ0n) is 9.07. The van der Waals surface area contributed by atoms with Gasteiger partial charge >= 0.3 is 0 Å². The Morgan fingerprint density at radius 2 is 1.93 bits per heavy atom. The summed E-state index contributed by atoms with van der Waals surface area (Å²) in [7, 11) is 1.81. The van der Waals surface area contributed by atoms with Crippen molar-refractivity contribution in [1.29, 1.82) is 0 Å². The van der Waals surface area contributed by atoms with E-state index in [0.717, 1.165) is 12.1 Å². The molecule has 14 heavy (non-hydrogen) atoms. The van der Waals surface area contributed by atoms with Gasteiger partial charge in [0.15, 0.2) is 6.73 Å². The first-order valence-electron chi connectivity index (χ1n) is 5.03. The van der Waals surface area contributed by atoms with Crippen LogP contribution in [-0.4, -0.2) is 38.0 Å². The topological polar surface area (TPSA) is 61.7 Å². The van der Waals surface area contributed by atoms with Crippen molar-refractivity contribution >= 4 is 0 Å². The van der Waals surface area contributed by atoms with Gasteiger partial charge in [-0.25, -0.2) is 0 Å². The lowest BCUT2D eigenvalue weighted by atomic mass is 10.4. The zero-order valence-corrected chi connectivity index (χ0v) is 9.07. The van der Waals surface area contributed by atoms with Gasteiger partial charge in [0, 0.05) is 20.0 Å². The van der Waals surface area contributed by atoms with Crippen molar-refractivity contribution in [3.8, 4) is 0 Å². The molecule has 0 amide bonds. The number of rotatable bonds is 4. The van der Waals surface area contributed by atoms with Crippen molar-refractivity contribution in [3.05, 3.63) is 10.1 Å². The minimum absolute atomic E-state index is 0.924. The molecule has 0 radical (unpaired) electrons. The molecular formula is C9H20N2O3. The van der Waals surface area contributed by atoms with Crippen LogP contribution in [0.4, 0.5) is 0 Å². The first-order chi connectivity index (χ1) is 6.74. The fourth-order valence-electron chi connectivity index (χ4n) is 2.17. The van der Waals surface area contributed by atoms with Crippen LogP contribution in [0.2, 0.25) is 0 Å². The summed E-state index contributed by atoms with van der Waals surface area (Å²) in [6.45, 7) is 7.15. The molecule has 0 aromatic heterocycles. The monoisotopic (exact) mass is 204 g/mol. The zero-order chi connectivity index (χ0) is 10.9. The predicted octanol–water partition coefficient (Wildman–Crippen LogP) is 1.86. The van der Waals surface area contributed by atoms with Gasteiger partial charge in [0.25, 0.3) is 0 Å². The maximum Gasteiger partial charge on any atom is 0.182 e. The lowest BCUT2D eigenvalue weighted by molar-refractivity contribution is -0.934. The van der Waals surface area contributed by atoms with Crippen molar-refractivity contribution < 1.29 is 9.22 Å². The number of hydrogen-bond acceptors (Lipinski definition) is 4. The predicted molar refractivity (Wildman–Crippen MR) is 55.4 cm³/mol. The van der Waals surface area contributed by atoms with Crippen LogP contribution in [0.5, 0.6) is 0 Å². The second-order valence-corrected chi connectivity index (χ2v) is 3.71. The van der Waals surface area contributed by atoms with E-state index in [2.05, 4.69) is 6.92 Å². The fraction of sp³-hybridized carbons (Fsp3) is 1.00. The number of likely N-dealkylation sites (tertiary alicyclic amines) is 1. The molecular weight excluding hydrogens is 184 g/mol. The number of hydrogen-bond donors (Lipinski definition) is 0. The van der Waals surface area contributed by atoms with Gasteiger partial charge in [-0.15, -0.1) is 5.34 Å². The van der Waals surface area contributed by atoms with E-state index in [0.29, 0.717) is 0 Å².